The first kappa shape index (κ1) is 22.7. The van der Waals surface area contributed by atoms with Crippen molar-refractivity contribution in [1.82, 2.24) is 19.9 Å². The van der Waals surface area contributed by atoms with Gasteiger partial charge in [-0.1, -0.05) is 19.8 Å². The number of pyridine rings is 2. The lowest BCUT2D eigenvalue weighted by molar-refractivity contribution is 0.212. The Bertz CT molecular complexity index is 1000. The molecular weight excluding hydrogens is 390 g/mol. The number of nitrogens with one attached hydrogen (secondary N) is 1. The van der Waals surface area contributed by atoms with Crippen molar-refractivity contribution >= 4 is 28.5 Å². The topological polar surface area (TPSA) is 113 Å². The highest BCUT2D eigenvalue weighted by atomic mass is 16.3. The molecule has 8 heteroatoms. The van der Waals surface area contributed by atoms with Gasteiger partial charge in [0.1, 0.15) is 11.3 Å². The fourth-order valence-corrected chi connectivity index (χ4v) is 3.60. The average Bonchev–Trinajstić information content (AvgIpc) is 2.78. The average molecular weight is 424 g/mol. The van der Waals surface area contributed by atoms with Gasteiger partial charge in [0.25, 0.3) is 0 Å². The maximum absolute atomic E-state index is 9.96. The number of nitrogens with two attached hydrogens (primary N) is 1. The summed E-state index contributed by atoms with van der Waals surface area (Å²) in [6.07, 6.45) is 8.34. The van der Waals surface area contributed by atoms with Gasteiger partial charge in [-0.15, -0.1) is 0 Å². The van der Waals surface area contributed by atoms with Crippen molar-refractivity contribution in [2.45, 2.75) is 52.5 Å². The van der Waals surface area contributed by atoms with Crippen molar-refractivity contribution in [3.05, 3.63) is 30.7 Å². The van der Waals surface area contributed by atoms with E-state index >= 15 is 0 Å². The summed E-state index contributed by atoms with van der Waals surface area (Å²) in [6, 6.07) is 3.72. The largest absolute Gasteiger partial charge is 0.394 e. The second-order valence-electron chi connectivity index (χ2n) is 8.08. The van der Waals surface area contributed by atoms with Crippen LogP contribution < -0.4 is 16.0 Å². The van der Waals surface area contributed by atoms with Crippen LogP contribution in [0.25, 0.3) is 22.2 Å². The van der Waals surface area contributed by atoms with Gasteiger partial charge in [0.2, 0.25) is 5.95 Å². The molecule has 0 fully saturated rings. The fraction of sp³-hybridized carbons (Fsp3) is 0.478. The highest BCUT2D eigenvalue weighted by Crippen LogP contribution is 2.30. The zero-order valence-corrected chi connectivity index (χ0v) is 18.9. The number of aliphatic hydroxyl groups is 1. The van der Waals surface area contributed by atoms with Crippen LogP contribution in [0.4, 0.5) is 17.5 Å². The minimum atomic E-state index is -0.453. The molecule has 0 unspecified atom stereocenters. The molecule has 0 saturated heterocycles. The molecule has 0 aliphatic carbocycles. The number of hydrogen-bond acceptors (Lipinski definition) is 8. The van der Waals surface area contributed by atoms with E-state index in [2.05, 4.69) is 50.9 Å². The zero-order chi connectivity index (χ0) is 22.4. The normalized spacial score (nSPS) is 13.2. The monoisotopic (exact) mass is 423 g/mol. The summed E-state index contributed by atoms with van der Waals surface area (Å²) in [5.74, 6) is 1.12. The van der Waals surface area contributed by atoms with Crippen molar-refractivity contribution in [2.24, 2.45) is 0 Å². The fourth-order valence-electron chi connectivity index (χ4n) is 3.60. The van der Waals surface area contributed by atoms with E-state index in [0.717, 1.165) is 54.7 Å². The van der Waals surface area contributed by atoms with Crippen molar-refractivity contribution in [2.75, 3.05) is 35.6 Å². The van der Waals surface area contributed by atoms with Crippen LogP contribution >= 0.6 is 0 Å². The van der Waals surface area contributed by atoms with Crippen LogP contribution in [0.15, 0.2) is 30.7 Å². The highest BCUT2D eigenvalue weighted by Gasteiger charge is 2.24. The van der Waals surface area contributed by atoms with E-state index in [0.29, 0.717) is 17.3 Å². The number of rotatable bonds is 10. The molecule has 31 heavy (non-hydrogen) atoms. The molecule has 0 aromatic carbocycles. The molecule has 0 bridgehead atoms. The Labute approximate surface area is 184 Å². The molecule has 3 aromatic rings. The van der Waals surface area contributed by atoms with Crippen molar-refractivity contribution in [3.8, 4) is 11.1 Å². The minimum absolute atomic E-state index is 0.0189. The van der Waals surface area contributed by atoms with Gasteiger partial charge in [0.15, 0.2) is 0 Å². The van der Waals surface area contributed by atoms with Gasteiger partial charge < -0.3 is 21.1 Å². The Balaban J connectivity index is 1.94. The Hall–Kier alpha value is -3.00. The molecule has 0 aliphatic rings. The maximum atomic E-state index is 9.96. The summed E-state index contributed by atoms with van der Waals surface area (Å²) in [7, 11) is 0. The van der Waals surface area contributed by atoms with Crippen LogP contribution in [0, 0.1) is 0 Å². The number of hydrogen-bond donors (Lipinski definition) is 3. The van der Waals surface area contributed by atoms with Crippen molar-refractivity contribution in [3.63, 3.8) is 0 Å². The standard InChI is InChI=1S/C23H33N7O/c1-5-8-9-23(4,15-31)29-19-11-20(24)28-18-10-16(12-25-21(18)19)17-13-26-22(27-14-17)30(6-2)7-3/h10-14,31H,5-9,15H2,1-4H3,(H3,24,28,29)/t23-/m1/s1. The number of anilines is 3. The van der Waals surface area contributed by atoms with Gasteiger partial charge in [0.05, 0.1) is 23.3 Å². The van der Waals surface area contributed by atoms with E-state index < -0.39 is 5.54 Å². The molecule has 8 nitrogen and oxygen atoms in total. The molecule has 3 aromatic heterocycles. The third-order valence-electron chi connectivity index (χ3n) is 5.55. The molecule has 3 rings (SSSR count). The second-order valence-corrected chi connectivity index (χ2v) is 8.08. The van der Waals surface area contributed by atoms with Crippen LogP contribution in [0.2, 0.25) is 0 Å². The SMILES string of the molecule is CCCC[C@](C)(CO)Nc1cc(N)nc2cc(-c3cnc(N(CC)CC)nc3)cnc12. The third kappa shape index (κ3) is 5.19. The number of aliphatic hydroxyl groups excluding tert-OH is 1. The van der Waals surface area contributed by atoms with Gasteiger partial charge in [-0.2, -0.15) is 0 Å². The summed E-state index contributed by atoms with van der Waals surface area (Å²) >= 11 is 0. The lowest BCUT2D eigenvalue weighted by Crippen LogP contribution is -2.38. The van der Waals surface area contributed by atoms with Gasteiger partial charge in [-0.3, -0.25) is 4.98 Å². The number of aromatic nitrogens is 4. The third-order valence-corrected chi connectivity index (χ3v) is 5.55. The summed E-state index contributed by atoms with van der Waals surface area (Å²) in [4.78, 5) is 20.2. The Morgan fingerprint density at radius 3 is 2.32 bits per heavy atom. The van der Waals surface area contributed by atoms with Crippen LogP contribution in [-0.2, 0) is 0 Å². The van der Waals surface area contributed by atoms with E-state index in [1.165, 1.54) is 0 Å². The van der Waals surface area contributed by atoms with Gasteiger partial charge >= 0.3 is 0 Å². The molecule has 166 valence electrons. The molecule has 0 aliphatic heterocycles. The maximum Gasteiger partial charge on any atom is 0.225 e. The summed E-state index contributed by atoms with van der Waals surface area (Å²) in [5.41, 5.74) is 9.55. The Kier molecular flexibility index (Phi) is 7.22. The quantitative estimate of drug-likeness (QED) is 0.450. The number of nitrogen functional groups attached to an aromatic ring is 1. The molecule has 0 amide bonds. The van der Waals surface area contributed by atoms with Crippen LogP contribution in [0.5, 0.6) is 0 Å². The molecule has 0 spiro atoms. The smallest absolute Gasteiger partial charge is 0.225 e. The minimum Gasteiger partial charge on any atom is -0.394 e. The number of unbranched alkanes of at least 4 members (excludes halogenated alkanes) is 1. The first-order valence-corrected chi connectivity index (χ1v) is 11.0. The first-order chi connectivity index (χ1) is 14.9. The van der Waals surface area contributed by atoms with Crippen LogP contribution in [-0.4, -0.2) is 50.3 Å². The van der Waals surface area contributed by atoms with Crippen LogP contribution in [0.3, 0.4) is 0 Å². The summed E-state index contributed by atoms with van der Waals surface area (Å²) in [6.45, 7) is 10.0. The molecular formula is C23H33N7O. The van der Waals surface area contributed by atoms with Crippen molar-refractivity contribution in [1.29, 1.82) is 0 Å². The van der Waals surface area contributed by atoms with Crippen LogP contribution in [0.1, 0.15) is 47.0 Å². The predicted octanol–water partition coefficient (Wildman–Crippen LogP) is 3.87. The zero-order valence-electron chi connectivity index (χ0n) is 18.9. The Morgan fingerprint density at radius 1 is 1.03 bits per heavy atom. The summed E-state index contributed by atoms with van der Waals surface area (Å²) < 4.78 is 0. The summed E-state index contributed by atoms with van der Waals surface area (Å²) in [5, 5.41) is 13.4. The lowest BCUT2D eigenvalue weighted by Gasteiger charge is -2.30. The first-order valence-electron chi connectivity index (χ1n) is 11.0. The molecule has 1 atom stereocenters. The van der Waals surface area contributed by atoms with Gasteiger partial charge in [0, 0.05) is 48.9 Å². The predicted molar refractivity (Wildman–Crippen MR) is 127 cm³/mol. The molecule has 3 heterocycles. The van der Waals surface area contributed by atoms with E-state index in [9.17, 15) is 5.11 Å². The van der Waals surface area contributed by atoms with E-state index in [-0.39, 0.29) is 6.61 Å². The highest BCUT2D eigenvalue weighted by molar-refractivity contribution is 5.91. The molecule has 0 saturated carbocycles. The molecule has 4 N–H and O–H groups in total. The second kappa shape index (κ2) is 9.87. The van der Waals surface area contributed by atoms with Gasteiger partial charge in [-0.05, 0) is 33.3 Å². The number of fused-ring (bicyclic) bond motifs is 1. The molecule has 0 radical (unpaired) electrons. The number of nitrogens with zero attached hydrogens (tertiary/aromatic N) is 5. The van der Waals surface area contributed by atoms with Gasteiger partial charge in [-0.25, -0.2) is 15.0 Å². The lowest BCUT2D eigenvalue weighted by atomic mass is 9.95. The van der Waals surface area contributed by atoms with E-state index in [4.69, 9.17) is 5.73 Å². The Morgan fingerprint density at radius 2 is 1.71 bits per heavy atom. The van der Waals surface area contributed by atoms with E-state index in [1.54, 1.807) is 12.3 Å². The van der Waals surface area contributed by atoms with Crippen molar-refractivity contribution < 1.29 is 5.11 Å². The van der Waals surface area contributed by atoms with E-state index in [1.807, 2.05) is 25.4 Å².